The maximum Gasteiger partial charge on any atom is 0.327 e. The van der Waals surface area contributed by atoms with E-state index in [9.17, 15) is 4.79 Å². The Kier molecular flexibility index (Phi) is 8.42. The average Bonchev–Trinajstić information content (AvgIpc) is 3.53. The Morgan fingerprint density at radius 1 is 1.24 bits per heavy atom. The number of methoxy groups -OCH3 is 1. The second-order valence-corrected chi connectivity index (χ2v) is 12.0. The maximum absolute atomic E-state index is 12.5. The van der Waals surface area contributed by atoms with Crippen LogP contribution in [-0.4, -0.2) is 57.4 Å². The van der Waals surface area contributed by atoms with Crippen LogP contribution < -0.4 is 14.4 Å². The SMILES string of the molecule is CCC(CCN1CC2(CCc3cc(Cl)ccc32)COc2ccc(SNC(=O)N3CCCC3)cc21)COC. The fourth-order valence-electron chi connectivity index (χ4n) is 6.02. The molecule has 37 heavy (non-hydrogen) atoms. The number of rotatable bonds is 8. The highest BCUT2D eigenvalue weighted by atomic mass is 35.5. The maximum atomic E-state index is 12.5. The molecule has 6 nitrogen and oxygen atoms in total. The number of fused-ring (bicyclic) bond motifs is 3. The summed E-state index contributed by atoms with van der Waals surface area (Å²) < 4.78 is 15.1. The van der Waals surface area contributed by atoms with Crippen molar-refractivity contribution in [3.05, 3.63) is 52.5 Å². The van der Waals surface area contributed by atoms with Gasteiger partial charge in [-0.15, -0.1) is 0 Å². The van der Waals surface area contributed by atoms with Gasteiger partial charge >= 0.3 is 6.03 Å². The molecule has 2 atom stereocenters. The first-order chi connectivity index (χ1) is 18.0. The number of hydrogen-bond acceptors (Lipinski definition) is 5. The van der Waals surface area contributed by atoms with Crippen LogP contribution in [-0.2, 0) is 16.6 Å². The van der Waals surface area contributed by atoms with E-state index in [2.05, 4.69) is 40.8 Å². The lowest BCUT2D eigenvalue weighted by atomic mass is 9.82. The van der Waals surface area contributed by atoms with Crippen LogP contribution in [0.15, 0.2) is 41.3 Å². The molecule has 1 aliphatic carbocycles. The molecule has 8 heteroatoms. The molecule has 2 heterocycles. The van der Waals surface area contributed by atoms with Crippen LogP contribution in [0.3, 0.4) is 0 Å². The molecule has 0 aromatic heterocycles. The van der Waals surface area contributed by atoms with Crippen LogP contribution in [0.1, 0.15) is 50.2 Å². The number of amides is 2. The zero-order valence-corrected chi connectivity index (χ0v) is 23.5. The van der Waals surface area contributed by atoms with Gasteiger partial charge in [-0.3, -0.25) is 4.72 Å². The number of urea groups is 1. The Morgan fingerprint density at radius 2 is 2.08 bits per heavy atom. The van der Waals surface area contributed by atoms with Crippen molar-refractivity contribution in [2.45, 2.75) is 55.8 Å². The van der Waals surface area contributed by atoms with Crippen LogP contribution in [0.4, 0.5) is 10.5 Å². The van der Waals surface area contributed by atoms with E-state index in [-0.39, 0.29) is 11.4 Å². The largest absolute Gasteiger partial charge is 0.490 e. The first-order valence-electron chi connectivity index (χ1n) is 13.5. The zero-order valence-electron chi connectivity index (χ0n) is 21.9. The highest BCUT2D eigenvalue weighted by Gasteiger charge is 2.43. The molecule has 2 aromatic carbocycles. The van der Waals surface area contributed by atoms with Gasteiger partial charge in [0.2, 0.25) is 0 Å². The molecule has 1 spiro atoms. The smallest absolute Gasteiger partial charge is 0.327 e. The number of carbonyl (C=O) groups is 1. The van der Waals surface area contributed by atoms with Gasteiger partial charge in [0.15, 0.2) is 0 Å². The van der Waals surface area contributed by atoms with E-state index < -0.39 is 0 Å². The van der Waals surface area contributed by atoms with Crippen LogP contribution in [0, 0.1) is 5.92 Å². The molecule has 3 aliphatic rings. The predicted molar refractivity (Wildman–Crippen MR) is 151 cm³/mol. The summed E-state index contributed by atoms with van der Waals surface area (Å²) in [4.78, 5) is 18.0. The fraction of sp³-hybridized carbons (Fsp3) is 0.552. The van der Waals surface area contributed by atoms with Crippen LogP contribution in [0.25, 0.3) is 0 Å². The average molecular weight is 544 g/mol. The number of likely N-dealkylation sites (tertiary alicyclic amines) is 1. The summed E-state index contributed by atoms with van der Waals surface area (Å²) in [5, 5.41) is 0.800. The van der Waals surface area contributed by atoms with Gasteiger partial charge in [-0.25, -0.2) is 4.79 Å². The number of halogens is 1. The number of carbonyl (C=O) groups excluding carboxylic acids is 1. The molecule has 2 aliphatic heterocycles. The predicted octanol–water partition coefficient (Wildman–Crippen LogP) is 6.30. The van der Waals surface area contributed by atoms with Crippen molar-refractivity contribution in [2.24, 2.45) is 5.92 Å². The van der Waals surface area contributed by atoms with Crippen LogP contribution >= 0.6 is 23.5 Å². The van der Waals surface area contributed by atoms with Crippen molar-refractivity contribution in [3.8, 4) is 5.75 Å². The highest BCUT2D eigenvalue weighted by Crippen LogP contribution is 2.46. The zero-order chi connectivity index (χ0) is 25.8. The summed E-state index contributed by atoms with van der Waals surface area (Å²) in [7, 11) is 1.78. The number of nitrogens with zero attached hydrogens (tertiary/aromatic N) is 2. The monoisotopic (exact) mass is 543 g/mol. The van der Waals surface area contributed by atoms with Crippen LogP contribution in [0.2, 0.25) is 5.02 Å². The third-order valence-corrected chi connectivity index (χ3v) is 9.22. The first-order valence-corrected chi connectivity index (χ1v) is 14.7. The fourth-order valence-corrected chi connectivity index (χ4v) is 6.85. The number of ether oxygens (including phenoxy) is 2. The van der Waals surface area contributed by atoms with Gasteiger partial charge in [0, 0.05) is 55.2 Å². The van der Waals surface area contributed by atoms with Gasteiger partial charge in [0.05, 0.1) is 12.3 Å². The van der Waals surface area contributed by atoms with Gasteiger partial charge in [-0.05, 0) is 91.4 Å². The summed E-state index contributed by atoms with van der Waals surface area (Å²) in [6.45, 7) is 7.17. The van der Waals surface area contributed by atoms with Crippen molar-refractivity contribution in [2.75, 3.05) is 51.4 Å². The lowest BCUT2D eigenvalue weighted by Gasteiger charge is -2.34. The molecular weight excluding hydrogens is 506 g/mol. The molecule has 2 aromatic rings. The number of hydrogen-bond donors (Lipinski definition) is 1. The lowest BCUT2D eigenvalue weighted by molar-refractivity contribution is 0.146. The standard InChI is InChI=1S/C29H38ClN3O3S/c1-3-21(18-35-2)11-15-33-19-29(12-10-22-16-23(30)6-8-25(22)29)20-36-27-9-7-24(17-26(27)33)37-31-28(34)32-13-4-5-14-32/h6-9,16-17,21H,3-5,10-15,18-20H2,1-2H3,(H,31,34). The Bertz CT molecular complexity index is 1110. The summed E-state index contributed by atoms with van der Waals surface area (Å²) in [5.74, 6) is 1.43. The Morgan fingerprint density at radius 3 is 2.86 bits per heavy atom. The summed E-state index contributed by atoms with van der Waals surface area (Å²) in [6.07, 6.45) is 6.39. The topological polar surface area (TPSA) is 54.0 Å². The molecule has 1 saturated heterocycles. The minimum absolute atomic E-state index is 0.00363. The lowest BCUT2D eigenvalue weighted by Crippen LogP contribution is -2.42. The minimum Gasteiger partial charge on any atom is -0.490 e. The first kappa shape index (κ1) is 26.5. The summed E-state index contributed by atoms with van der Waals surface area (Å²) in [6, 6.07) is 12.6. The van der Waals surface area contributed by atoms with Gasteiger partial charge in [-0.2, -0.15) is 0 Å². The number of nitrogens with one attached hydrogen (secondary N) is 1. The van der Waals surface area contributed by atoms with E-state index in [0.717, 1.165) is 92.7 Å². The molecule has 0 radical (unpaired) electrons. The Hall–Kier alpha value is -2.09. The number of benzene rings is 2. The van der Waals surface area contributed by atoms with Crippen molar-refractivity contribution in [1.82, 2.24) is 9.62 Å². The molecule has 5 rings (SSSR count). The Labute approximate surface area is 230 Å². The van der Waals surface area contributed by atoms with Gasteiger partial charge < -0.3 is 19.3 Å². The van der Waals surface area contributed by atoms with E-state index in [1.54, 1.807) is 7.11 Å². The molecule has 1 fully saturated rings. The molecule has 1 N–H and O–H groups in total. The molecule has 2 unspecified atom stereocenters. The quantitative estimate of drug-likeness (QED) is 0.396. The van der Waals surface area contributed by atoms with E-state index in [4.69, 9.17) is 21.1 Å². The normalized spacial score (nSPS) is 21.4. The van der Waals surface area contributed by atoms with E-state index in [1.807, 2.05) is 17.0 Å². The van der Waals surface area contributed by atoms with Gasteiger partial charge in [0.25, 0.3) is 0 Å². The minimum atomic E-state index is -0.0703. The molecule has 2 amide bonds. The number of anilines is 1. The molecular formula is C29H38ClN3O3S. The molecule has 0 bridgehead atoms. The third-order valence-electron chi connectivity index (χ3n) is 8.22. The van der Waals surface area contributed by atoms with E-state index in [0.29, 0.717) is 12.5 Å². The van der Waals surface area contributed by atoms with Gasteiger partial charge in [0.1, 0.15) is 5.75 Å². The van der Waals surface area contributed by atoms with E-state index >= 15 is 0 Å². The van der Waals surface area contributed by atoms with Crippen molar-refractivity contribution in [1.29, 1.82) is 0 Å². The highest BCUT2D eigenvalue weighted by molar-refractivity contribution is 7.98. The molecule has 0 saturated carbocycles. The van der Waals surface area contributed by atoms with Gasteiger partial charge in [-0.1, -0.05) is 31.0 Å². The summed E-state index contributed by atoms with van der Waals surface area (Å²) in [5.41, 5.74) is 3.74. The second kappa shape index (κ2) is 11.7. The summed E-state index contributed by atoms with van der Waals surface area (Å²) >= 11 is 7.73. The molecule has 200 valence electrons. The van der Waals surface area contributed by atoms with Crippen molar-refractivity contribution >= 4 is 35.3 Å². The Balaban J connectivity index is 1.40. The van der Waals surface area contributed by atoms with Crippen molar-refractivity contribution < 1.29 is 14.3 Å². The second-order valence-electron chi connectivity index (χ2n) is 10.6. The number of aryl methyl sites for hydroxylation is 1. The van der Waals surface area contributed by atoms with Crippen LogP contribution in [0.5, 0.6) is 5.75 Å². The van der Waals surface area contributed by atoms with E-state index in [1.165, 1.54) is 23.1 Å². The third kappa shape index (κ3) is 5.84. The van der Waals surface area contributed by atoms with Crippen molar-refractivity contribution in [3.63, 3.8) is 0 Å².